The van der Waals surface area contributed by atoms with Gasteiger partial charge in [-0.1, -0.05) is 18.2 Å². The zero-order chi connectivity index (χ0) is 8.39. The Bertz CT molecular complexity index is 252. The highest BCUT2D eigenvalue weighted by atomic mass is 32.2. The van der Waals surface area contributed by atoms with Crippen LogP contribution in [0.3, 0.4) is 0 Å². The molecule has 0 aromatic heterocycles. The smallest absolute Gasteiger partial charge is 0.178 e. The van der Waals surface area contributed by atoms with E-state index in [0.29, 0.717) is 5.88 Å². The third-order valence-corrected chi connectivity index (χ3v) is 3.25. The van der Waals surface area contributed by atoms with E-state index in [9.17, 15) is 4.55 Å². The van der Waals surface area contributed by atoms with E-state index in [1.807, 2.05) is 18.2 Å². The van der Waals surface area contributed by atoms with Crippen molar-refractivity contribution in [3.05, 3.63) is 30.3 Å². The molecule has 1 aliphatic rings. The molecule has 2 nitrogen and oxygen atoms in total. The van der Waals surface area contributed by atoms with Crippen molar-refractivity contribution in [2.45, 2.75) is 0 Å². The second kappa shape index (κ2) is 3.37. The second-order valence-electron chi connectivity index (χ2n) is 2.87. The zero-order valence-corrected chi connectivity index (χ0v) is 7.59. The fraction of sp³-hybridized carbons (Fsp3) is 0.333. The van der Waals surface area contributed by atoms with Crippen molar-refractivity contribution in [3.63, 3.8) is 0 Å². The largest absolute Gasteiger partial charge is 0.615 e. The number of hydrogen-bond donors (Lipinski definition) is 0. The van der Waals surface area contributed by atoms with Crippen LogP contribution in [0.4, 0.5) is 5.69 Å². The Balaban J connectivity index is 2.11. The zero-order valence-electron chi connectivity index (χ0n) is 6.77. The second-order valence-corrected chi connectivity index (χ2v) is 4.42. The Kier molecular flexibility index (Phi) is 2.23. The van der Waals surface area contributed by atoms with E-state index < -0.39 is 11.2 Å². The predicted octanol–water partition coefficient (Wildman–Crippen LogP) is 1.21. The normalized spacial score (nSPS) is 23.1. The molecule has 1 aromatic rings. The van der Waals surface area contributed by atoms with Gasteiger partial charge < -0.3 is 9.45 Å². The number of anilines is 1. The Morgan fingerprint density at radius 2 is 2.00 bits per heavy atom. The van der Waals surface area contributed by atoms with Crippen molar-refractivity contribution < 1.29 is 4.55 Å². The maximum atomic E-state index is 11.1. The van der Waals surface area contributed by atoms with Crippen LogP contribution >= 0.6 is 0 Å². The Hall–Kier alpha value is -0.670. The molecule has 1 atom stereocenters. The topological polar surface area (TPSA) is 26.3 Å². The number of benzene rings is 1. The summed E-state index contributed by atoms with van der Waals surface area (Å²) in [6.45, 7) is 0.927. The minimum absolute atomic E-state index is 0.627. The first kappa shape index (κ1) is 7.95. The number of para-hydroxylation sites is 1. The summed E-state index contributed by atoms with van der Waals surface area (Å²) in [7, 11) is 0. The van der Waals surface area contributed by atoms with E-state index in [2.05, 4.69) is 17.0 Å². The van der Waals surface area contributed by atoms with Crippen LogP contribution in [0.1, 0.15) is 0 Å². The van der Waals surface area contributed by atoms with E-state index in [1.165, 1.54) is 5.69 Å². The van der Waals surface area contributed by atoms with Crippen molar-refractivity contribution in [2.24, 2.45) is 0 Å². The van der Waals surface area contributed by atoms with E-state index in [4.69, 9.17) is 0 Å². The van der Waals surface area contributed by atoms with Crippen molar-refractivity contribution in [1.29, 1.82) is 0 Å². The highest BCUT2D eigenvalue weighted by molar-refractivity contribution is 7.91. The summed E-state index contributed by atoms with van der Waals surface area (Å²) in [6, 6.07) is 10.1. The summed E-state index contributed by atoms with van der Waals surface area (Å²) < 4.78 is 11.1. The standard InChI is InChI=1S/C9H11NOS/c11-12-7-6-10(8-12)9-4-2-1-3-5-9/h1-5H,6-8H2. The highest BCUT2D eigenvalue weighted by Gasteiger charge is 2.22. The summed E-state index contributed by atoms with van der Waals surface area (Å²) in [5.74, 6) is 1.51. The lowest BCUT2D eigenvalue weighted by Gasteiger charge is -2.13. The lowest BCUT2D eigenvalue weighted by atomic mass is 10.3. The molecule has 12 heavy (non-hydrogen) atoms. The van der Waals surface area contributed by atoms with Crippen LogP contribution in [0.25, 0.3) is 0 Å². The molecule has 0 bridgehead atoms. The highest BCUT2D eigenvalue weighted by Crippen LogP contribution is 2.18. The molecule has 1 saturated heterocycles. The lowest BCUT2D eigenvalue weighted by Crippen LogP contribution is -2.19. The van der Waals surface area contributed by atoms with E-state index in [-0.39, 0.29) is 0 Å². The van der Waals surface area contributed by atoms with Gasteiger partial charge in [-0.15, -0.1) is 0 Å². The van der Waals surface area contributed by atoms with Crippen molar-refractivity contribution in [2.75, 3.05) is 23.1 Å². The molecule has 1 fully saturated rings. The molecule has 2 rings (SSSR count). The van der Waals surface area contributed by atoms with Crippen LogP contribution in [0, 0.1) is 0 Å². The summed E-state index contributed by atoms with van der Waals surface area (Å²) in [6.07, 6.45) is 0. The van der Waals surface area contributed by atoms with Gasteiger partial charge in [-0.25, -0.2) is 0 Å². The van der Waals surface area contributed by atoms with Crippen LogP contribution in [0.5, 0.6) is 0 Å². The number of hydrogen-bond acceptors (Lipinski definition) is 2. The van der Waals surface area contributed by atoms with Crippen molar-refractivity contribution >= 4 is 16.9 Å². The molecular formula is C9H11NOS. The summed E-state index contributed by atoms with van der Waals surface area (Å²) in [4.78, 5) is 2.16. The van der Waals surface area contributed by atoms with Crippen LogP contribution in [0.2, 0.25) is 0 Å². The first-order valence-corrected chi connectivity index (χ1v) is 5.50. The third kappa shape index (κ3) is 1.57. The van der Waals surface area contributed by atoms with E-state index >= 15 is 0 Å². The van der Waals surface area contributed by atoms with Gasteiger partial charge in [-0.05, 0) is 23.3 Å². The molecule has 1 unspecified atom stereocenters. The quantitative estimate of drug-likeness (QED) is 0.609. The van der Waals surface area contributed by atoms with Crippen LogP contribution in [0.15, 0.2) is 30.3 Å². The fourth-order valence-corrected chi connectivity index (χ4v) is 2.54. The first-order valence-electron chi connectivity index (χ1n) is 4.01. The monoisotopic (exact) mass is 181 g/mol. The maximum absolute atomic E-state index is 11.1. The van der Waals surface area contributed by atoms with Crippen molar-refractivity contribution in [1.82, 2.24) is 0 Å². The molecule has 0 aliphatic carbocycles. The molecule has 0 N–H and O–H groups in total. The molecule has 1 heterocycles. The predicted molar refractivity (Wildman–Crippen MR) is 51.7 cm³/mol. The molecule has 1 aliphatic heterocycles. The fourth-order valence-electron chi connectivity index (χ4n) is 1.36. The maximum Gasteiger partial charge on any atom is 0.178 e. The third-order valence-electron chi connectivity index (χ3n) is 2.01. The van der Waals surface area contributed by atoms with Gasteiger partial charge in [0.25, 0.3) is 0 Å². The number of rotatable bonds is 1. The van der Waals surface area contributed by atoms with Gasteiger partial charge in [0.15, 0.2) is 5.88 Å². The summed E-state index contributed by atoms with van der Waals surface area (Å²) in [5, 5.41) is 0. The molecule has 64 valence electrons. The van der Waals surface area contributed by atoms with Gasteiger partial charge in [0.1, 0.15) is 5.75 Å². The van der Waals surface area contributed by atoms with Gasteiger partial charge in [0, 0.05) is 5.69 Å². The average molecular weight is 181 g/mol. The minimum Gasteiger partial charge on any atom is -0.615 e. The molecule has 0 amide bonds. The molecule has 0 saturated carbocycles. The van der Waals surface area contributed by atoms with E-state index in [1.54, 1.807) is 0 Å². The molecular weight excluding hydrogens is 170 g/mol. The average Bonchev–Trinajstić information content (AvgIpc) is 2.54. The molecule has 1 aromatic carbocycles. The van der Waals surface area contributed by atoms with Crippen molar-refractivity contribution in [3.8, 4) is 0 Å². The summed E-state index contributed by atoms with van der Waals surface area (Å²) >= 11 is -0.627. The van der Waals surface area contributed by atoms with Gasteiger partial charge in [-0.2, -0.15) is 0 Å². The van der Waals surface area contributed by atoms with E-state index in [0.717, 1.165) is 12.3 Å². The molecule has 3 heteroatoms. The Morgan fingerprint density at radius 3 is 2.58 bits per heavy atom. The number of nitrogens with zero attached hydrogens (tertiary/aromatic N) is 1. The molecule has 0 radical (unpaired) electrons. The van der Waals surface area contributed by atoms with Gasteiger partial charge in [0.05, 0.1) is 6.54 Å². The van der Waals surface area contributed by atoms with Crippen LogP contribution in [-0.2, 0) is 11.2 Å². The van der Waals surface area contributed by atoms with Crippen LogP contribution < -0.4 is 4.90 Å². The SMILES string of the molecule is [O-][S+]1CCN(c2ccccc2)C1. The lowest BCUT2D eigenvalue weighted by molar-refractivity contribution is 0.601. The summed E-state index contributed by atoms with van der Waals surface area (Å²) in [5.41, 5.74) is 1.18. The molecule has 0 spiro atoms. The Morgan fingerprint density at radius 1 is 1.25 bits per heavy atom. The van der Waals surface area contributed by atoms with Crippen LogP contribution in [-0.4, -0.2) is 22.7 Å². The van der Waals surface area contributed by atoms with Gasteiger partial charge >= 0.3 is 0 Å². The minimum atomic E-state index is -0.627. The van der Waals surface area contributed by atoms with Gasteiger partial charge in [0.2, 0.25) is 0 Å². The Labute approximate surface area is 75.4 Å². The van der Waals surface area contributed by atoms with Gasteiger partial charge in [-0.3, -0.25) is 0 Å². The first-order chi connectivity index (χ1) is 5.86.